The second kappa shape index (κ2) is 4.44. The van der Waals surface area contributed by atoms with Gasteiger partial charge < -0.3 is 9.80 Å². The summed E-state index contributed by atoms with van der Waals surface area (Å²) >= 11 is 0. The Kier molecular flexibility index (Phi) is 3.17. The van der Waals surface area contributed by atoms with Crippen LogP contribution in [-0.4, -0.2) is 47.8 Å². The van der Waals surface area contributed by atoms with E-state index in [1.807, 2.05) is 11.9 Å². The van der Waals surface area contributed by atoms with Crippen LogP contribution >= 0.6 is 0 Å². The summed E-state index contributed by atoms with van der Waals surface area (Å²) in [6.07, 6.45) is 5.04. The number of carbonyl (C=O) groups excluding carboxylic acids is 2. The molecule has 1 saturated carbocycles. The fourth-order valence-corrected chi connectivity index (χ4v) is 3.00. The SMILES string of the molecule is CC(=O)CN1CC(C2CCCC2)N(C)C1=O. The fourth-order valence-electron chi connectivity index (χ4n) is 3.00. The molecule has 1 atom stereocenters. The maximum atomic E-state index is 11.9. The molecular formula is C12H20N2O2. The molecule has 0 aromatic carbocycles. The highest BCUT2D eigenvalue weighted by molar-refractivity contribution is 5.85. The van der Waals surface area contributed by atoms with E-state index in [1.165, 1.54) is 32.6 Å². The van der Waals surface area contributed by atoms with Gasteiger partial charge in [0.15, 0.2) is 0 Å². The summed E-state index contributed by atoms with van der Waals surface area (Å²) in [4.78, 5) is 26.5. The average Bonchev–Trinajstić information content (AvgIpc) is 2.81. The predicted octanol–water partition coefficient (Wildman–Crippen LogP) is 1.50. The van der Waals surface area contributed by atoms with Crippen LogP contribution in [0.5, 0.6) is 0 Å². The van der Waals surface area contributed by atoms with Crippen molar-refractivity contribution in [3.63, 3.8) is 0 Å². The second-order valence-electron chi connectivity index (χ2n) is 5.09. The minimum absolute atomic E-state index is 0.0205. The van der Waals surface area contributed by atoms with Gasteiger partial charge in [-0.2, -0.15) is 0 Å². The van der Waals surface area contributed by atoms with Gasteiger partial charge >= 0.3 is 6.03 Å². The number of amides is 2. The molecule has 0 N–H and O–H groups in total. The molecular weight excluding hydrogens is 204 g/mol. The van der Waals surface area contributed by atoms with E-state index in [0.29, 0.717) is 12.0 Å². The molecule has 4 nitrogen and oxygen atoms in total. The Morgan fingerprint density at radius 3 is 2.56 bits per heavy atom. The van der Waals surface area contributed by atoms with Crippen LogP contribution in [0.2, 0.25) is 0 Å². The minimum atomic E-state index is 0.0205. The molecule has 0 radical (unpaired) electrons. The van der Waals surface area contributed by atoms with Gasteiger partial charge in [-0.25, -0.2) is 4.79 Å². The van der Waals surface area contributed by atoms with Crippen molar-refractivity contribution in [1.82, 2.24) is 9.80 Å². The topological polar surface area (TPSA) is 40.6 Å². The van der Waals surface area contributed by atoms with Crippen molar-refractivity contribution in [3.8, 4) is 0 Å². The van der Waals surface area contributed by atoms with Gasteiger partial charge in [0.1, 0.15) is 5.78 Å². The van der Waals surface area contributed by atoms with E-state index in [1.54, 1.807) is 4.90 Å². The van der Waals surface area contributed by atoms with Crippen molar-refractivity contribution in [3.05, 3.63) is 0 Å². The smallest absolute Gasteiger partial charge is 0.320 e. The summed E-state index contributed by atoms with van der Waals surface area (Å²) in [5.41, 5.74) is 0. The summed E-state index contributed by atoms with van der Waals surface area (Å²) in [6, 6.07) is 0.349. The summed E-state index contributed by atoms with van der Waals surface area (Å²) < 4.78 is 0. The van der Waals surface area contributed by atoms with Crippen LogP contribution in [0.4, 0.5) is 4.79 Å². The highest BCUT2D eigenvalue weighted by Crippen LogP contribution is 2.33. The third-order valence-corrected chi connectivity index (χ3v) is 3.83. The van der Waals surface area contributed by atoms with E-state index in [9.17, 15) is 9.59 Å². The highest BCUT2D eigenvalue weighted by atomic mass is 16.2. The molecule has 16 heavy (non-hydrogen) atoms. The lowest BCUT2D eigenvalue weighted by molar-refractivity contribution is -0.117. The minimum Gasteiger partial charge on any atom is -0.323 e. The molecule has 0 bridgehead atoms. The van der Waals surface area contributed by atoms with Crippen molar-refractivity contribution in [2.24, 2.45) is 5.92 Å². The first kappa shape index (κ1) is 11.4. The Morgan fingerprint density at radius 2 is 2.00 bits per heavy atom. The maximum absolute atomic E-state index is 11.9. The van der Waals surface area contributed by atoms with E-state index in [4.69, 9.17) is 0 Å². The van der Waals surface area contributed by atoms with Crippen LogP contribution in [0.15, 0.2) is 0 Å². The number of ketones is 1. The number of carbonyl (C=O) groups is 2. The number of nitrogens with zero attached hydrogens (tertiary/aromatic N) is 2. The molecule has 1 unspecified atom stereocenters. The Hall–Kier alpha value is -1.06. The number of rotatable bonds is 3. The van der Waals surface area contributed by atoms with Gasteiger partial charge in [-0.3, -0.25) is 4.79 Å². The van der Waals surface area contributed by atoms with Crippen molar-refractivity contribution < 1.29 is 9.59 Å². The van der Waals surface area contributed by atoms with Crippen LogP contribution < -0.4 is 0 Å². The lowest BCUT2D eigenvalue weighted by atomic mass is 9.98. The number of hydrogen-bond donors (Lipinski definition) is 0. The Balaban J connectivity index is 2.01. The van der Waals surface area contributed by atoms with Gasteiger partial charge in [-0.15, -0.1) is 0 Å². The number of urea groups is 1. The monoisotopic (exact) mass is 224 g/mol. The fraction of sp³-hybridized carbons (Fsp3) is 0.833. The number of Topliss-reactive ketones (excluding diaryl/α,β-unsaturated/α-hetero) is 1. The molecule has 1 aliphatic heterocycles. The van der Waals surface area contributed by atoms with Gasteiger partial charge in [0.25, 0.3) is 0 Å². The third-order valence-electron chi connectivity index (χ3n) is 3.83. The van der Waals surface area contributed by atoms with Crippen LogP contribution in [0.3, 0.4) is 0 Å². The molecule has 2 fully saturated rings. The number of hydrogen-bond acceptors (Lipinski definition) is 2. The van der Waals surface area contributed by atoms with Crippen molar-refractivity contribution >= 4 is 11.8 Å². The van der Waals surface area contributed by atoms with E-state index in [-0.39, 0.29) is 18.4 Å². The zero-order valence-electron chi connectivity index (χ0n) is 10.1. The molecule has 1 aliphatic carbocycles. The summed E-state index contributed by atoms with van der Waals surface area (Å²) in [5.74, 6) is 0.708. The lowest BCUT2D eigenvalue weighted by Crippen LogP contribution is -2.35. The summed E-state index contributed by atoms with van der Waals surface area (Å²) in [6.45, 7) is 2.54. The van der Waals surface area contributed by atoms with Gasteiger partial charge in [0, 0.05) is 13.6 Å². The quantitative estimate of drug-likeness (QED) is 0.729. The van der Waals surface area contributed by atoms with E-state index in [2.05, 4.69) is 0 Å². The molecule has 2 aliphatic rings. The molecule has 4 heteroatoms. The first-order valence-corrected chi connectivity index (χ1v) is 6.10. The van der Waals surface area contributed by atoms with E-state index >= 15 is 0 Å². The molecule has 1 heterocycles. The molecule has 0 aromatic rings. The maximum Gasteiger partial charge on any atom is 0.320 e. The normalized spacial score (nSPS) is 26.9. The first-order valence-electron chi connectivity index (χ1n) is 6.10. The van der Waals surface area contributed by atoms with Gasteiger partial charge in [0.2, 0.25) is 0 Å². The number of likely N-dealkylation sites (N-methyl/N-ethyl adjacent to an activating group) is 1. The van der Waals surface area contributed by atoms with Crippen molar-refractivity contribution in [2.75, 3.05) is 20.1 Å². The third kappa shape index (κ3) is 2.06. The van der Waals surface area contributed by atoms with Crippen LogP contribution in [0.25, 0.3) is 0 Å². The standard InChI is InChI=1S/C12H20N2O2/c1-9(15)7-14-8-11(13(2)12(14)16)10-5-3-4-6-10/h10-11H,3-8H2,1-2H3. The molecule has 1 saturated heterocycles. The average molecular weight is 224 g/mol. The summed E-state index contributed by atoms with van der Waals surface area (Å²) in [5, 5.41) is 0. The van der Waals surface area contributed by atoms with Crippen molar-refractivity contribution in [2.45, 2.75) is 38.6 Å². The Labute approximate surface area is 96.6 Å². The molecule has 2 rings (SSSR count). The van der Waals surface area contributed by atoms with Crippen LogP contribution in [0.1, 0.15) is 32.6 Å². The summed E-state index contributed by atoms with van der Waals surface area (Å²) in [7, 11) is 1.87. The Bertz CT molecular complexity index is 297. The highest BCUT2D eigenvalue weighted by Gasteiger charge is 2.40. The lowest BCUT2D eigenvalue weighted by Gasteiger charge is -2.23. The largest absolute Gasteiger partial charge is 0.323 e. The van der Waals surface area contributed by atoms with Crippen LogP contribution in [0, 0.1) is 5.92 Å². The van der Waals surface area contributed by atoms with Crippen LogP contribution in [-0.2, 0) is 4.79 Å². The zero-order valence-corrected chi connectivity index (χ0v) is 10.1. The Morgan fingerprint density at radius 1 is 1.38 bits per heavy atom. The molecule has 90 valence electrons. The molecule has 0 spiro atoms. The van der Waals surface area contributed by atoms with Crippen molar-refractivity contribution in [1.29, 1.82) is 0 Å². The van der Waals surface area contributed by atoms with E-state index in [0.717, 1.165) is 6.54 Å². The molecule has 2 amide bonds. The van der Waals surface area contributed by atoms with Gasteiger partial charge in [-0.1, -0.05) is 12.8 Å². The zero-order chi connectivity index (χ0) is 11.7. The second-order valence-corrected chi connectivity index (χ2v) is 5.09. The predicted molar refractivity (Wildman–Crippen MR) is 61.2 cm³/mol. The first-order chi connectivity index (χ1) is 7.59. The molecule has 0 aromatic heterocycles. The van der Waals surface area contributed by atoms with Gasteiger partial charge in [-0.05, 0) is 25.7 Å². The van der Waals surface area contributed by atoms with Gasteiger partial charge in [0.05, 0.1) is 12.6 Å². The van der Waals surface area contributed by atoms with E-state index < -0.39 is 0 Å².